The second-order valence-electron chi connectivity index (χ2n) is 2.64. The third kappa shape index (κ3) is 1.87. The van der Waals surface area contributed by atoms with E-state index >= 15 is 0 Å². The summed E-state index contributed by atoms with van der Waals surface area (Å²) >= 11 is 0. The van der Waals surface area contributed by atoms with Gasteiger partial charge in [0.1, 0.15) is 12.2 Å². The Morgan fingerprint density at radius 2 is 2.43 bits per heavy atom. The van der Waals surface area contributed by atoms with Crippen LogP contribution in [-0.2, 0) is 9.53 Å². The maximum absolute atomic E-state index is 11.1. The molecule has 1 heterocycles. The molecule has 1 atom stereocenters. The Labute approximate surface area is 79.5 Å². The van der Waals surface area contributed by atoms with E-state index in [1.165, 1.54) is 24.2 Å². The third-order valence-electron chi connectivity index (χ3n) is 1.76. The fourth-order valence-electron chi connectivity index (χ4n) is 0.924. The van der Waals surface area contributed by atoms with Gasteiger partial charge in [0.05, 0.1) is 7.11 Å². The molecule has 7 nitrogen and oxygen atoms in total. The standard InChI is InChI=1S/C7H9N3O4/c1-5(7(11)14-2)9-3-6(8-4-9)10(12)13/h3-5H,1-2H3/t5-/m0/s1. The molecule has 0 N–H and O–H groups in total. The molecule has 0 unspecified atom stereocenters. The summed E-state index contributed by atoms with van der Waals surface area (Å²) in [6.07, 6.45) is 2.40. The highest BCUT2D eigenvalue weighted by Gasteiger charge is 2.19. The molecule has 0 radical (unpaired) electrons. The summed E-state index contributed by atoms with van der Waals surface area (Å²) < 4.78 is 5.80. The minimum absolute atomic E-state index is 0.291. The van der Waals surface area contributed by atoms with E-state index in [-0.39, 0.29) is 5.82 Å². The van der Waals surface area contributed by atoms with Crippen molar-refractivity contribution in [3.8, 4) is 0 Å². The number of carbonyl (C=O) groups is 1. The topological polar surface area (TPSA) is 87.3 Å². The van der Waals surface area contributed by atoms with Crippen molar-refractivity contribution in [2.24, 2.45) is 0 Å². The van der Waals surface area contributed by atoms with Gasteiger partial charge in [-0.05, 0) is 16.8 Å². The molecule has 0 aromatic carbocycles. The van der Waals surface area contributed by atoms with Gasteiger partial charge in [0.25, 0.3) is 0 Å². The molecule has 0 spiro atoms. The summed E-state index contributed by atoms with van der Waals surface area (Å²) in [7, 11) is 1.25. The SMILES string of the molecule is COC(=O)[C@H](C)n1cnc([N+](=O)[O-])c1. The van der Waals surface area contributed by atoms with Crippen LogP contribution >= 0.6 is 0 Å². The van der Waals surface area contributed by atoms with Crippen molar-refractivity contribution >= 4 is 11.8 Å². The highest BCUT2D eigenvalue weighted by Crippen LogP contribution is 2.12. The third-order valence-corrected chi connectivity index (χ3v) is 1.76. The largest absolute Gasteiger partial charge is 0.467 e. The Hall–Kier alpha value is -1.92. The summed E-state index contributed by atoms with van der Waals surface area (Å²) in [5.41, 5.74) is 0. The van der Waals surface area contributed by atoms with Gasteiger partial charge in [-0.25, -0.2) is 4.79 Å². The molecule has 0 aliphatic carbocycles. The molecule has 0 bridgehead atoms. The fraction of sp³-hybridized carbons (Fsp3) is 0.429. The molecule has 0 amide bonds. The zero-order valence-corrected chi connectivity index (χ0v) is 7.71. The number of methoxy groups -OCH3 is 1. The molecule has 0 aliphatic rings. The maximum atomic E-state index is 11.1. The van der Waals surface area contributed by atoms with Crippen LogP contribution in [-0.4, -0.2) is 27.6 Å². The van der Waals surface area contributed by atoms with E-state index in [4.69, 9.17) is 0 Å². The average molecular weight is 199 g/mol. The number of hydrogen-bond acceptors (Lipinski definition) is 5. The van der Waals surface area contributed by atoms with Crippen molar-refractivity contribution in [2.45, 2.75) is 13.0 Å². The van der Waals surface area contributed by atoms with Crippen LogP contribution < -0.4 is 0 Å². The molecule has 1 aromatic rings. The van der Waals surface area contributed by atoms with E-state index in [1.54, 1.807) is 6.92 Å². The van der Waals surface area contributed by atoms with Gasteiger partial charge in [0.2, 0.25) is 6.33 Å². The lowest BCUT2D eigenvalue weighted by atomic mass is 10.3. The molecule has 1 rings (SSSR count). The van der Waals surface area contributed by atoms with E-state index in [9.17, 15) is 14.9 Å². The Kier molecular flexibility index (Phi) is 2.80. The number of rotatable bonds is 3. The first-order chi connectivity index (χ1) is 6.56. The van der Waals surface area contributed by atoms with Crippen molar-refractivity contribution in [3.05, 3.63) is 22.6 Å². The average Bonchev–Trinajstić information content (AvgIpc) is 2.64. The van der Waals surface area contributed by atoms with Crippen molar-refractivity contribution in [1.29, 1.82) is 0 Å². The summed E-state index contributed by atoms with van der Waals surface area (Å²) in [5, 5.41) is 10.3. The van der Waals surface area contributed by atoms with Crippen LogP contribution in [0.5, 0.6) is 0 Å². The van der Waals surface area contributed by atoms with Crippen LogP contribution in [0.15, 0.2) is 12.5 Å². The quantitative estimate of drug-likeness (QED) is 0.402. The van der Waals surface area contributed by atoms with Crippen molar-refractivity contribution in [1.82, 2.24) is 9.55 Å². The minimum Gasteiger partial charge on any atom is -0.467 e. The number of hydrogen-bond donors (Lipinski definition) is 0. The Balaban J connectivity index is 2.86. The summed E-state index contributed by atoms with van der Waals surface area (Å²) in [5.74, 6) is -0.766. The van der Waals surface area contributed by atoms with E-state index in [0.29, 0.717) is 0 Å². The Morgan fingerprint density at radius 1 is 1.79 bits per heavy atom. The van der Waals surface area contributed by atoms with E-state index in [2.05, 4.69) is 9.72 Å². The monoisotopic (exact) mass is 199 g/mol. The van der Waals surface area contributed by atoms with Gasteiger partial charge in [-0.15, -0.1) is 0 Å². The first-order valence-corrected chi connectivity index (χ1v) is 3.82. The summed E-state index contributed by atoms with van der Waals surface area (Å²) in [6.45, 7) is 1.57. The lowest BCUT2D eigenvalue weighted by Crippen LogP contribution is -2.16. The van der Waals surface area contributed by atoms with Crippen molar-refractivity contribution in [3.63, 3.8) is 0 Å². The van der Waals surface area contributed by atoms with Crippen LogP contribution in [0.25, 0.3) is 0 Å². The number of carbonyl (C=O) groups excluding carboxylic acids is 1. The number of nitro groups is 1. The first-order valence-electron chi connectivity index (χ1n) is 3.82. The zero-order valence-electron chi connectivity index (χ0n) is 7.71. The lowest BCUT2D eigenvalue weighted by Gasteiger charge is -2.07. The molecule has 0 saturated carbocycles. The highest BCUT2D eigenvalue weighted by atomic mass is 16.6. The molecule has 0 aliphatic heterocycles. The van der Waals surface area contributed by atoms with Crippen molar-refractivity contribution in [2.75, 3.05) is 7.11 Å². The van der Waals surface area contributed by atoms with Gasteiger partial charge in [0, 0.05) is 0 Å². The van der Waals surface area contributed by atoms with Gasteiger partial charge in [-0.3, -0.25) is 4.57 Å². The number of imidazole rings is 1. The van der Waals surface area contributed by atoms with Crippen molar-refractivity contribution < 1.29 is 14.5 Å². The molecule has 76 valence electrons. The number of aromatic nitrogens is 2. The number of esters is 1. The summed E-state index contributed by atoms with van der Waals surface area (Å²) in [4.78, 5) is 24.2. The van der Waals surface area contributed by atoms with Crippen LogP contribution in [0, 0.1) is 10.1 Å². The van der Waals surface area contributed by atoms with E-state index in [1.807, 2.05) is 0 Å². The predicted octanol–water partition coefficient (Wildman–Crippen LogP) is 0.525. The van der Waals surface area contributed by atoms with Crippen LogP contribution in [0.2, 0.25) is 0 Å². The number of ether oxygens (including phenoxy) is 1. The fourth-order valence-corrected chi connectivity index (χ4v) is 0.924. The smallest absolute Gasteiger partial charge is 0.381 e. The van der Waals surface area contributed by atoms with Gasteiger partial charge < -0.3 is 14.9 Å². The van der Waals surface area contributed by atoms with Gasteiger partial charge in [-0.1, -0.05) is 0 Å². The summed E-state index contributed by atoms with van der Waals surface area (Å²) in [6, 6.07) is -0.610. The predicted molar refractivity (Wildman–Crippen MR) is 45.6 cm³/mol. The Bertz CT molecular complexity index is 360. The highest BCUT2D eigenvalue weighted by molar-refractivity contribution is 5.73. The molecular weight excluding hydrogens is 190 g/mol. The molecule has 1 aromatic heterocycles. The maximum Gasteiger partial charge on any atom is 0.381 e. The molecule has 14 heavy (non-hydrogen) atoms. The minimum atomic E-state index is -0.625. The van der Waals surface area contributed by atoms with E-state index in [0.717, 1.165) is 0 Å². The molecular formula is C7H9N3O4. The zero-order chi connectivity index (χ0) is 10.7. The molecule has 0 saturated heterocycles. The van der Waals surface area contributed by atoms with Crippen LogP contribution in [0.3, 0.4) is 0 Å². The normalized spacial score (nSPS) is 12.1. The Morgan fingerprint density at radius 3 is 2.86 bits per heavy atom. The second-order valence-corrected chi connectivity index (χ2v) is 2.64. The number of nitrogens with zero attached hydrogens (tertiary/aromatic N) is 3. The molecule has 7 heteroatoms. The lowest BCUT2D eigenvalue weighted by molar-refractivity contribution is -0.389. The first kappa shape index (κ1) is 10.2. The van der Waals surface area contributed by atoms with Gasteiger partial charge in [-0.2, -0.15) is 0 Å². The van der Waals surface area contributed by atoms with Crippen LogP contribution in [0.4, 0.5) is 5.82 Å². The molecule has 0 fully saturated rings. The van der Waals surface area contributed by atoms with E-state index < -0.39 is 16.9 Å². The van der Waals surface area contributed by atoms with Crippen LogP contribution in [0.1, 0.15) is 13.0 Å². The van der Waals surface area contributed by atoms with Gasteiger partial charge >= 0.3 is 11.8 Å². The second kappa shape index (κ2) is 3.86. The van der Waals surface area contributed by atoms with Gasteiger partial charge in [0.15, 0.2) is 0 Å².